The molecule has 8 nitrogen and oxygen atoms in total. The van der Waals surface area contributed by atoms with Gasteiger partial charge in [0.25, 0.3) is 0 Å². The molecule has 2 aromatic heterocycles. The molecule has 2 rings (SSSR count). The monoisotopic (exact) mass is 262 g/mol. The van der Waals surface area contributed by atoms with Crippen molar-refractivity contribution < 1.29 is 9.53 Å². The summed E-state index contributed by atoms with van der Waals surface area (Å²) in [6.07, 6.45) is 2.96. The van der Waals surface area contributed by atoms with Crippen LogP contribution in [0.3, 0.4) is 0 Å². The third-order valence-corrected chi connectivity index (χ3v) is 2.60. The molecule has 100 valence electrons. The number of carbonyl (C=O) groups is 1. The Bertz CT molecular complexity index is 600. The fourth-order valence-corrected chi connectivity index (χ4v) is 1.50. The molecule has 0 atom stereocenters. The highest BCUT2D eigenvalue weighted by Gasteiger charge is 2.18. The second-order valence-corrected chi connectivity index (χ2v) is 3.87. The third-order valence-electron chi connectivity index (χ3n) is 2.60. The van der Waals surface area contributed by atoms with Gasteiger partial charge in [-0.05, 0) is 6.92 Å². The molecule has 0 saturated heterocycles. The average molecular weight is 262 g/mol. The minimum Gasteiger partial charge on any atom is -0.457 e. The van der Waals surface area contributed by atoms with Gasteiger partial charge in [0.05, 0.1) is 5.69 Å². The van der Waals surface area contributed by atoms with E-state index in [2.05, 4.69) is 27.0 Å². The molecule has 8 heteroatoms. The number of aryl methyl sites for hydroxylation is 1. The SMILES string of the molecule is C=CCOC(=O)c1nnn(Cc2ncnn2C)c1C. The predicted octanol–water partition coefficient (Wildman–Crippen LogP) is 0.106. The van der Waals surface area contributed by atoms with Crippen LogP contribution in [0.4, 0.5) is 0 Å². The maximum atomic E-state index is 11.7. The predicted molar refractivity (Wildman–Crippen MR) is 65.3 cm³/mol. The first-order chi connectivity index (χ1) is 9.13. The van der Waals surface area contributed by atoms with Gasteiger partial charge in [-0.3, -0.25) is 4.68 Å². The van der Waals surface area contributed by atoms with Gasteiger partial charge in [0, 0.05) is 7.05 Å². The Hall–Kier alpha value is -2.51. The number of hydrogen-bond donors (Lipinski definition) is 0. The lowest BCUT2D eigenvalue weighted by Gasteiger charge is -2.03. The van der Waals surface area contributed by atoms with E-state index in [0.717, 1.165) is 5.82 Å². The molecule has 0 radical (unpaired) electrons. The van der Waals surface area contributed by atoms with E-state index in [1.807, 2.05) is 0 Å². The molecule has 0 aromatic carbocycles. The standard InChI is InChI=1S/C11H14N6O2/c1-4-5-19-11(18)10-8(2)17(15-14-10)6-9-12-7-13-16(9)3/h4,7H,1,5-6H2,2-3H3. The molecule has 0 bridgehead atoms. The zero-order valence-corrected chi connectivity index (χ0v) is 10.8. The van der Waals surface area contributed by atoms with Gasteiger partial charge < -0.3 is 4.74 Å². The van der Waals surface area contributed by atoms with Crippen molar-refractivity contribution in [2.45, 2.75) is 13.5 Å². The smallest absolute Gasteiger partial charge is 0.361 e. The lowest BCUT2D eigenvalue weighted by atomic mass is 10.3. The van der Waals surface area contributed by atoms with Gasteiger partial charge in [0.1, 0.15) is 25.3 Å². The summed E-state index contributed by atoms with van der Waals surface area (Å²) in [4.78, 5) is 15.8. The van der Waals surface area contributed by atoms with E-state index >= 15 is 0 Å². The Morgan fingerprint density at radius 3 is 3.00 bits per heavy atom. The largest absolute Gasteiger partial charge is 0.457 e. The summed E-state index contributed by atoms with van der Waals surface area (Å²) in [5, 5.41) is 11.7. The third kappa shape index (κ3) is 2.67. The topological polar surface area (TPSA) is 87.7 Å². The van der Waals surface area contributed by atoms with E-state index < -0.39 is 5.97 Å². The highest BCUT2D eigenvalue weighted by molar-refractivity contribution is 5.88. The molecule has 0 unspecified atom stereocenters. The highest BCUT2D eigenvalue weighted by atomic mass is 16.5. The van der Waals surface area contributed by atoms with Crippen LogP contribution in [0.15, 0.2) is 19.0 Å². The zero-order chi connectivity index (χ0) is 13.8. The van der Waals surface area contributed by atoms with Crippen molar-refractivity contribution in [1.82, 2.24) is 29.8 Å². The highest BCUT2D eigenvalue weighted by Crippen LogP contribution is 2.07. The van der Waals surface area contributed by atoms with Gasteiger partial charge in [-0.15, -0.1) is 5.10 Å². The van der Waals surface area contributed by atoms with Crippen molar-refractivity contribution in [3.8, 4) is 0 Å². The summed E-state index contributed by atoms with van der Waals surface area (Å²) in [6.45, 7) is 5.77. The minimum atomic E-state index is -0.512. The first-order valence-electron chi connectivity index (χ1n) is 5.64. The lowest BCUT2D eigenvalue weighted by molar-refractivity contribution is 0.0542. The maximum absolute atomic E-state index is 11.7. The summed E-state index contributed by atoms with van der Waals surface area (Å²) in [6, 6.07) is 0. The summed E-state index contributed by atoms with van der Waals surface area (Å²) >= 11 is 0. The molecule has 0 saturated carbocycles. The van der Waals surface area contributed by atoms with E-state index in [1.165, 1.54) is 12.4 Å². The van der Waals surface area contributed by atoms with Gasteiger partial charge in [-0.1, -0.05) is 17.9 Å². The van der Waals surface area contributed by atoms with Crippen LogP contribution in [0.5, 0.6) is 0 Å². The van der Waals surface area contributed by atoms with Crippen LogP contribution >= 0.6 is 0 Å². The molecule has 0 fully saturated rings. The van der Waals surface area contributed by atoms with Crippen LogP contribution in [-0.4, -0.2) is 42.3 Å². The average Bonchev–Trinajstić information content (AvgIpc) is 2.95. The number of carbonyl (C=O) groups excluding carboxylic acids is 1. The molecule has 2 aromatic rings. The van der Waals surface area contributed by atoms with Crippen LogP contribution in [0, 0.1) is 6.92 Å². The number of esters is 1. The van der Waals surface area contributed by atoms with Crippen molar-refractivity contribution in [2.75, 3.05) is 6.61 Å². The normalized spacial score (nSPS) is 10.4. The van der Waals surface area contributed by atoms with E-state index in [0.29, 0.717) is 12.2 Å². The first-order valence-corrected chi connectivity index (χ1v) is 5.64. The summed E-state index contributed by atoms with van der Waals surface area (Å²) in [5.74, 6) is 0.209. The Kier molecular flexibility index (Phi) is 3.69. The Balaban J connectivity index is 2.16. The Morgan fingerprint density at radius 1 is 1.58 bits per heavy atom. The van der Waals surface area contributed by atoms with E-state index in [9.17, 15) is 4.79 Å². The van der Waals surface area contributed by atoms with Crippen LogP contribution < -0.4 is 0 Å². The van der Waals surface area contributed by atoms with E-state index in [4.69, 9.17) is 4.74 Å². The van der Waals surface area contributed by atoms with Crippen molar-refractivity contribution in [3.05, 3.63) is 36.2 Å². The molecule has 0 N–H and O–H groups in total. The number of aromatic nitrogens is 6. The Labute approximate surface area is 109 Å². The van der Waals surface area contributed by atoms with Gasteiger partial charge >= 0.3 is 5.97 Å². The molecule has 2 heterocycles. The van der Waals surface area contributed by atoms with E-state index in [1.54, 1.807) is 23.3 Å². The summed E-state index contributed by atoms with van der Waals surface area (Å²) < 4.78 is 8.14. The molecule has 0 amide bonds. The Morgan fingerprint density at radius 2 is 2.37 bits per heavy atom. The number of rotatable bonds is 5. The number of hydrogen-bond acceptors (Lipinski definition) is 6. The number of nitrogens with zero attached hydrogens (tertiary/aromatic N) is 6. The summed E-state index contributed by atoms with van der Waals surface area (Å²) in [5.41, 5.74) is 0.820. The van der Waals surface area contributed by atoms with Crippen molar-refractivity contribution >= 4 is 5.97 Å². The molecule has 0 aliphatic carbocycles. The van der Waals surface area contributed by atoms with Crippen LogP contribution in [0.2, 0.25) is 0 Å². The van der Waals surface area contributed by atoms with Crippen LogP contribution in [-0.2, 0) is 18.3 Å². The molecule has 0 spiro atoms. The van der Waals surface area contributed by atoms with Crippen LogP contribution in [0.25, 0.3) is 0 Å². The van der Waals surface area contributed by atoms with Gasteiger partial charge in [-0.25, -0.2) is 14.5 Å². The van der Waals surface area contributed by atoms with Crippen molar-refractivity contribution in [3.63, 3.8) is 0 Å². The minimum absolute atomic E-state index is 0.147. The lowest BCUT2D eigenvalue weighted by Crippen LogP contribution is -2.11. The first kappa shape index (κ1) is 12.9. The van der Waals surface area contributed by atoms with Crippen LogP contribution in [0.1, 0.15) is 22.0 Å². The second-order valence-electron chi connectivity index (χ2n) is 3.87. The molecule has 0 aliphatic rings. The fourth-order valence-electron chi connectivity index (χ4n) is 1.50. The van der Waals surface area contributed by atoms with E-state index in [-0.39, 0.29) is 12.3 Å². The maximum Gasteiger partial charge on any atom is 0.361 e. The molecular formula is C11H14N6O2. The summed E-state index contributed by atoms with van der Waals surface area (Å²) in [7, 11) is 1.79. The van der Waals surface area contributed by atoms with Gasteiger partial charge in [-0.2, -0.15) is 5.10 Å². The number of ether oxygens (including phenoxy) is 1. The van der Waals surface area contributed by atoms with Crippen molar-refractivity contribution in [2.24, 2.45) is 7.05 Å². The second kappa shape index (κ2) is 5.42. The van der Waals surface area contributed by atoms with Gasteiger partial charge in [0.15, 0.2) is 5.69 Å². The molecular weight excluding hydrogens is 248 g/mol. The van der Waals surface area contributed by atoms with Gasteiger partial charge in [0.2, 0.25) is 0 Å². The molecule has 0 aliphatic heterocycles. The fraction of sp³-hybridized carbons (Fsp3) is 0.364. The molecule has 19 heavy (non-hydrogen) atoms. The zero-order valence-electron chi connectivity index (χ0n) is 10.8. The quantitative estimate of drug-likeness (QED) is 0.561. The van der Waals surface area contributed by atoms with Crippen molar-refractivity contribution in [1.29, 1.82) is 0 Å².